The molecule has 0 saturated heterocycles. The Labute approximate surface area is 121 Å². The summed E-state index contributed by atoms with van der Waals surface area (Å²) in [7, 11) is 0. The Morgan fingerprint density at radius 3 is 2.88 bits per heavy atom. The molecule has 94 valence electrons. The lowest BCUT2D eigenvalue weighted by atomic mass is 9.91. The summed E-state index contributed by atoms with van der Waals surface area (Å²) in [6.07, 6.45) is 0. The third-order valence-electron chi connectivity index (χ3n) is 3.20. The van der Waals surface area contributed by atoms with Gasteiger partial charge in [0.15, 0.2) is 0 Å². The van der Waals surface area contributed by atoms with Gasteiger partial charge in [-0.1, -0.05) is 34.5 Å². The molecule has 1 aromatic rings. The van der Waals surface area contributed by atoms with Gasteiger partial charge >= 0.3 is 0 Å². The molecule has 17 heavy (non-hydrogen) atoms. The van der Waals surface area contributed by atoms with E-state index in [1.165, 1.54) is 11.1 Å². The summed E-state index contributed by atoms with van der Waals surface area (Å²) < 4.78 is 1.26. The second-order valence-corrected chi connectivity index (χ2v) is 7.79. The number of rotatable bonds is 2. The van der Waals surface area contributed by atoms with Gasteiger partial charge in [-0.25, -0.2) is 0 Å². The Morgan fingerprint density at radius 2 is 2.24 bits per heavy atom. The quantitative estimate of drug-likeness (QED) is 0.835. The predicted molar refractivity (Wildman–Crippen MR) is 80.9 cm³/mol. The Hall–Kier alpha value is 0.300. The highest BCUT2D eigenvalue weighted by molar-refractivity contribution is 9.10. The van der Waals surface area contributed by atoms with Crippen molar-refractivity contribution in [2.75, 3.05) is 6.54 Å². The minimum Gasteiger partial charge on any atom is -0.309 e. The van der Waals surface area contributed by atoms with Crippen LogP contribution in [0.3, 0.4) is 0 Å². The molecular weight excluding hydrogens is 318 g/mol. The Bertz CT molecular complexity index is 434. The lowest BCUT2D eigenvalue weighted by Crippen LogP contribution is -2.40. The van der Waals surface area contributed by atoms with Crippen LogP contribution in [0.4, 0.5) is 0 Å². The lowest BCUT2D eigenvalue weighted by molar-refractivity contribution is 0.450. The molecule has 0 bridgehead atoms. The van der Waals surface area contributed by atoms with Crippen LogP contribution in [0.15, 0.2) is 16.6 Å². The van der Waals surface area contributed by atoms with E-state index in [4.69, 9.17) is 11.6 Å². The molecule has 1 aromatic carbocycles. The third kappa shape index (κ3) is 2.67. The first-order valence-corrected chi connectivity index (χ1v) is 7.96. The summed E-state index contributed by atoms with van der Waals surface area (Å²) in [6, 6.07) is 4.55. The molecule has 4 heteroatoms. The highest BCUT2D eigenvalue weighted by Gasteiger charge is 2.36. The van der Waals surface area contributed by atoms with E-state index in [0.29, 0.717) is 6.04 Å². The molecule has 1 aliphatic rings. The highest BCUT2D eigenvalue weighted by atomic mass is 79.9. The first-order valence-electron chi connectivity index (χ1n) is 5.81. The van der Waals surface area contributed by atoms with Gasteiger partial charge in [-0.3, -0.25) is 0 Å². The van der Waals surface area contributed by atoms with Crippen molar-refractivity contribution in [2.45, 2.75) is 37.3 Å². The number of hydrogen-bond acceptors (Lipinski definition) is 2. The maximum atomic E-state index is 6.33. The van der Waals surface area contributed by atoms with Crippen LogP contribution >= 0.6 is 39.3 Å². The Morgan fingerprint density at radius 1 is 1.53 bits per heavy atom. The molecule has 1 heterocycles. The zero-order valence-corrected chi connectivity index (χ0v) is 13.5. The highest BCUT2D eigenvalue weighted by Crippen LogP contribution is 2.48. The molecule has 0 spiro atoms. The molecule has 1 nitrogen and oxygen atoms in total. The van der Waals surface area contributed by atoms with E-state index in [9.17, 15) is 0 Å². The molecule has 1 N–H and O–H groups in total. The summed E-state index contributed by atoms with van der Waals surface area (Å²) in [6.45, 7) is 7.71. The molecule has 0 amide bonds. The largest absolute Gasteiger partial charge is 0.309 e. The molecule has 1 atom stereocenters. The number of benzene rings is 1. The molecule has 1 unspecified atom stereocenters. The number of hydrogen-bond donors (Lipinski definition) is 1. The average Bonchev–Trinajstić information content (AvgIpc) is 2.22. The van der Waals surface area contributed by atoms with Gasteiger partial charge in [0.1, 0.15) is 0 Å². The van der Waals surface area contributed by atoms with Crippen LogP contribution in [0.1, 0.15) is 37.9 Å². The predicted octanol–water partition coefficient (Wildman–Crippen LogP) is 4.78. The fourth-order valence-corrected chi connectivity index (χ4v) is 4.50. The fourth-order valence-electron chi connectivity index (χ4n) is 2.31. The Balaban J connectivity index is 2.52. The van der Waals surface area contributed by atoms with Crippen molar-refractivity contribution < 1.29 is 0 Å². The van der Waals surface area contributed by atoms with E-state index in [1.807, 2.05) is 17.8 Å². The van der Waals surface area contributed by atoms with Crippen LogP contribution in [0, 0.1) is 0 Å². The SMILES string of the molecule is CCNC1c2cc(Br)cc(Cl)c2CSC1(C)C. The van der Waals surface area contributed by atoms with E-state index >= 15 is 0 Å². The summed E-state index contributed by atoms with van der Waals surface area (Å²) in [5.41, 5.74) is 2.63. The van der Waals surface area contributed by atoms with Gasteiger partial charge in [0.25, 0.3) is 0 Å². The van der Waals surface area contributed by atoms with Gasteiger partial charge in [0.05, 0.1) is 0 Å². The van der Waals surface area contributed by atoms with Crippen molar-refractivity contribution in [3.63, 3.8) is 0 Å². The first kappa shape index (κ1) is 13.7. The van der Waals surface area contributed by atoms with Crippen molar-refractivity contribution in [3.05, 3.63) is 32.8 Å². The van der Waals surface area contributed by atoms with Crippen molar-refractivity contribution in [2.24, 2.45) is 0 Å². The standard InChI is InChI=1S/C13H17BrClNS/c1-4-16-12-9-5-8(14)6-11(15)10(9)7-17-13(12,2)3/h5-6,12,16H,4,7H2,1-3H3. The zero-order chi connectivity index (χ0) is 12.6. The van der Waals surface area contributed by atoms with E-state index in [0.717, 1.165) is 21.8 Å². The van der Waals surface area contributed by atoms with Crippen molar-refractivity contribution >= 4 is 39.3 Å². The fraction of sp³-hybridized carbons (Fsp3) is 0.538. The summed E-state index contributed by atoms with van der Waals surface area (Å²) in [4.78, 5) is 0. The van der Waals surface area contributed by atoms with Crippen molar-refractivity contribution in [1.29, 1.82) is 0 Å². The van der Waals surface area contributed by atoms with E-state index in [2.05, 4.69) is 48.1 Å². The van der Waals surface area contributed by atoms with Crippen LogP contribution in [0.25, 0.3) is 0 Å². The minimum absolute atomic E-state index is 0.202. The smallest absolute Gasteiger partial charge is 0.0467 e. The van der Waals surface area contributed by atoms with E-state index in [-0.39, 0.29) is 4.75 Å². The van der Waals surface area contributed by atoms with Gasteiger partial charge in [0.2, 0.25) is 0 Å². The normalized spacial score (nSPS) is 22.3. The van der Waals surface area contributed by atoms with Crippen LogP contribution in [0.5, 0.6) is 0 Å². The van der Waals surface area contributed by atoms with Crippen LogP contribution in [-0.4, -0.2) is 11.3 Å². The van der Waals surface area contributed by atoms with Gasteiger partial charge in [0, 0.05) is 26.0 Å². The second-order valence-electron chi connectivity index (χ2n) is 4.84. The van der Waals surface area contributed by atoms with Crippen LogP contribution in [0.2, 0.25) is 5.02 Å². The molecular formula is C13H17BrClNS. The van der Waals surface area contributed by atoms with Gasteiger partial charge in [-0.2, -0.15) is 0 Å². The molecule has 1 aliphatic heterocycles. The monoisotopic (exact) mass is 333 g/mol. The van der Waals surface area contributed by atoms with Crippen LogP contribution in [-0.2, 0) is 5.75 Å². The third-order valence-corrected chi connectivity index (χ3v) is 5.41. The molecule has 2 rings (SSSR count). The molecule has 0 aromatic heterocycles. The molecule has 0 saturated carbocycles. The summed E-state index contributed by atoms with van der Waals surface area (Å²) in [5.74, 6) is 0.996. The zero-order valence-electron chi connectivity index (χ0n) is 10.3. The van der Waals surface area contributed by atoms with Crippen molar-refractivity contribution in [3.8, 4) is 0 Å². The van der Waals surface area contributed by atoms with Crippen molar-refractivity contribution in [1.82, 2.24) is 5.32 Å². The molecule has 0 fully saturated rings. The Kier molecular flexibility index (Phi) is 4.13. The number of nitrogens with one attached hydrogen (secondary N) is 1. The number of halogens is 2. The number of fused-ring (bicyclic) bond motifs is 1. The van der Waals surface area contributed by atoms with Crippen LogP contribution < -0.4 is 5.32 Å². The lowest BCUT2D eigenvalue weighted by Gasteiger charge is -2.40. The van der Waals surface area contributed by atoms with Gasteiger partial charge in [-0.05, 0) is 43.7 Å². The minimum atomic E-state index is 0.202. The maximum absolute atomic E-state index is 6.33. The summed E-state index contributed by atoms with van der Waals surface area (Å²) >= 11 is 11.8. The first-order chi connectivity index (χ1) is 7.95. The molecule has 0 radical (unpaired) electrons. The van der Waals surface area contributed by atoms with Gasteiger partial charge in [-0.15, -0.1) is 11.8 Å². The van der Waals surface area contributed by atoms with E-state index < -0.39 is 0 Å². The topological polar surface area (TPSA) is 12.0 Å². The summed E-state index contributed by atoms with van der Waals surface area (Å²) in [5, 5.41) is 4.46. The number of thioether (sulfide) groups is 1. The van der Waals surface area contributed by atoms with Gasteiger partial charge < -0.3 is 5.32 Å². The maximum Gasteiger partial charge on any atom is 0.0467 e. The molecule has 0 aliphatic carbocycles. The average molecular weight is 335 g/mol. The second kappa shape index (κ2) is 5.12. The van der Waals surface area contributed by atoms with E-state index in [1.54, 1.807) is 0 Å².